The van der Waals surface area contributed by atoms with Crippen molar-refractivity contribution in [1.29, 1.82) is 0 Å². The predicted octanol–water partition coefficient (Wildman–Crippen LogP) is 3.17. The molecule has 2 N–H and O–H groups in total. The van der Waals surface area contributed by atoms with Crippen molar-refractivity contribution in [3.05, 3.63) is 24.3 Å². The van der Waals surface area contributed by atoms with Crippen LogP contribution in [-0.2, 0) is 0 Å². The monoisotopic (exact) mass is 287 g/mol. The quantitative estimate of drug-likeness (QED) is 0.869. The predicted molar refractivity (Wildman–Crippen MR) is 86.9 cm³/mol. The summed E-state index contributed by atoms with van der Waals surface area (Å²) in [6.07, 6.45) is 8.03. The van der Waals surface area contributed by atoms with Crippen molar-refractivity contribution < 1.29 is 4.74 Å². The van der Waals surface area contributed by atoms with Gasteiger partial charge < -0.3 is 15.4 Å². The molecule has 3 rings (SSSR count). The highest BCUT2D eigenvalue weighted by Crippen LogP contribution is 2.33. The summed E-state index contributed by atoms with van der Waals surface area (Å²) in [5.74, 6) is 2.22. The Morgan fingerprint density at radius 2 is 1.95 bits per heavy atom. The molecule has 1 atom stereocenters. The van der Waals surface area contributed by atoms with Gasteiger partial charge in [0.2, 0.25) is 0 Å². The third-order valence-electron chi connectivity index (χ3n) is 4.79. The molecule has 0 radical (unpaired) electrons. The van der Waals surface area contributed by atoms with Gasteiger partial charge in [-0.1, -0.05) is 31.7 Å². The Kier molecular flexibility index (Phi) is 4.32. The zero-order valence-electron chi connectivity index (χ0n) is 12.8. The standard InChI is InChI=1S/C17H25N3O/c1-21-15-10-6-9-14(11-15)20-16(12-19-17(20)18)13-7-4-2-3-5-8-13/h6,9-11,13,16H,2-5,7-8,12H2,1H3,(H2,18,19). The molecule has 0 spiro atoms. The number of hydrogen-bond acceptors (Lipinski definition) is 4. The van der Waals surface area contributed by atoms with Crippen LogP contribution in [0.3, 0.4) is 0 Å². The number of ether oxygens (including phenoxy) is 1. The van der Waals surface area contributed by atoms with E-state index in [-0.39, 0.29) is 0 Å². The lowest BCUT2D eigenvalue weighted by Crippen LogP contribution is -2.44. The summed E-state index contributed by atoms with van der Waals surface area (Å²) in [6, 6.07) is 8.55. The maximum Gasteiger partial charge on any atom is 0.196 e. The van der Waals surface area contributed by atoms with Gasteiger partial charge in [0.1, 0.15) is 5.75 Å². The maximum absolute atomic E-state index is 6.17. The highest BCUT2D eigenvalue weighted by atomic mass is 16.5. The summed E-state index contributed by atoms with van der Waals surface area (Å²) >= 11 is 0. The van der Waals surface area contributed by atoms with Crippen molar-refractivity contribution >= 4 is 11.6 Å². The highest BCUT2D eigenvalue weighted by molar-refractivity contribution is 5.97. The Morgan fingerprint density at radius 1 is 1.19 bits per heavy atom. The van der Waals surface area contributed by atoms with E-state index >= 15 is 0 Å². The first-order valence-electron chi connectivity index (χ1n) is 8.03. The Hall–Kier alpha value is -1.71. The topological polar surface area (TPSA) is 50.9 Å². The molecule has 1 aromatic carbocycles. The number of benzene rings is 1. The number of nitrogens with two attached hydrogens (primary N) is 1. The number of rotatable bonds is 3. The zero-order valence-corrected chi connectivity index (χ0v) is 12.8. The SMILES string of the molecule is COc1cccc(N2C(N)=NCC2C2CCCCCC2)c1. The van der Waals surface area contributed by atoms with Crippen LogP contribution in [-0.4, -0.2) is 25.7 Å². The first-order chi connectivity index (χ1) is 10.3. The van der Waals surface area contributed by atoms with Crippen LogP contribution in [0.2, 0.25) is 0 Å². The van der Waals surface area contributed by atoms with Gasteiger partial charge in [0.15, 0.2) is 5.96 Å². The van der Waals surface area contributed by atoms with Crippen LogP contribution in [0.1, 0.15) is 38.5 Å². The fraction of sp³-hybridized carbons (Fsp3) is 0.588. The van der Waals surface area contributed by atoms with E-state index in [1.54, 1.807) is 7.11 Å². The van der Waals surface area contributed by atoms with Crippen molar-refractivity contribution in [2.75, 3.05) is 18.6 Å². The van der Waals surface area contributed by atoms with Crippen molar-refractivity contribution in [3.8, 4) is 5.75 Å². The van der Waals surface area contributed by atoms with E-state index in [1.807, 2.05) is 12.1 Å². The molecule has 2 aliphatic rings. The number of hydrogen-bond donors (Lipinski definition) is 1. The molecule has 0 aromatic heterocycles. The van der Waals surface area contributed by atoms with Crippen LogP contribution in [0.4, 0.5) is 5.69 Å². The fourth-order valence-electron chi connectivity index (χ4n) is 3.65. The zero-order chi connectivity index (χ0) is 14.7. The second-order valence-corrected chi connectivity index (χ2v) is 6.09. The molecule has 0 bridgehead atoms. The van der Waals surface area contributed by atoms with E-state index < -0.39 is 0 Å². The molecule has 21 heavy (non-hydrogen) atoms. The van der Waals surface area contributed by atoms with Gasteiger partial charge in [-0.25, -0.2) is 0 Å². The number of guanidine groups is 1. The van der Waals surface area contributed by atoms with E-state index in [0.29, 0.717) is 17.9 Å². The van der Waals surface area contributed by atoms with Gasteiger partial charge in [-0.3, -0.25) is 4.99 Å². The summed E-state index contributed by atoms with van der Waals surface area (Å²) in [5, 5.41) is 0. The van der Waals surface area contributed by atoms with E-state index in [2.05, 4.69) is 22.0 Å². The molecular weight excluding hydrogens is 262 g/mol. The second-order valence-electron chi connectivity index (χ2n) is 6.09. The van der Waals surface area contributed by atoms with Crippen molar-refractivity contribution in [3.63, 3.8) is 0 Å². The number of anilines is 1. The van der Waals surface area contributed by atoms with Gasteiger partial charge in [-0.05, 0) is 30.9 Å². The molecule has 4 nitrogen and oxygen atoms in total. The third kappa shape index (κ3) is 2.99. The van der Waals surface area contributed by atoms with Gasteiger partial charge in [-0.15, -0.1) is 0 Å². The van der Waals surface area contributed by atoms with Crippen LogP contribution in [0.25, 0.3) is 0 Å². The van der Waals surface area contributed by atoms with Crippen LogP contribution in [0.5, 0.6) is 5.75 Å². The number of nitrogens with zero attached hydrogens (tertiary/aromatic N) is 2. The number of aliphatic imine (C=N–C) groups is 1. The van der Waals surface area contributed by atoms with Gasteiger partial charge in [-0.2, -0.15) is 0 Å². The molecule has 1 unspecified atom stereocenters. The van der Waals surface area contributed by atoms with E-state index in [0.717, 1.165) is 18.0 Å². The number of methoxy groups -OCH3 is 1. The lowest BCUT2D eigenvalue weighted by atomic mass is 9.91. The highest BCUT2D eigenvalue weighted by Gasteiger charge is 2.34. The largest absolute Gasteiger partial charge is 0.497 e. The van der Waals surface area contributed by atoms with Crippen molar-refractivity contribution in [2.24, 2.45) is 16.6 Å². The summed E-state index contributed by atoms with van der Waals surface area (Å²) in [6.45, 7) is 0.827. The average molecular weight is 287 g/mol. The van der Waals surface area contributed by atoms with Crippen LogP contribution in [0.15, 0.2) is 29.3 Å². The second kappa shape index (κ2) is 6.37. The Labute approximate surface area is 127 Å². The van der Waals surface area contributed by atoms with E-state index in [9.17, 15) is 0 Å². The molecule has 1 saturated carbocycles. The van der Waals surface area contributed by atoms with E-state index in [4.69, 9.17) is 10.5 Å². The molecular formula is C17H25N3O. The van der Waals surface area contributed by atoms with Gasteiger partial charge in [0, 0.05) is 11.8 Å². The van der Waals surface area contributed by atoms with Gasteiger partial charge in [0.25, 0.3) is 0 Å². The smallest absolute Gasteiger partial charge is 0.196 e. The van der Waals surface area contributed by atoms with Gasteiger partial charge in [0.05, 0.1) is 19.7 Å². The van der Waals surface area contributed by atoms with Crippen LogP contribution >= 0.6 is 0 Å². The van der Waals surface area contributed by atoms with Crippen molar-refractivity contribution in [2.45, 2.75) is 44.6 Å². The molecule has 0 saturated heterocycles. The average Bonchev–Trinajstić information content (AvgIpc) is 2.74. The molecule has 1 heterocycles. The normalized spacial score (nSPS) is 23.8. The third-order valence-corrected chi connectivity index (χ3v) is 4.79. The minimum absolute atomic E-state index is 0.412. The summed E-state index contributed by atoms with van der Waals surface area (Å²) in [7, 11) is 1.70. The molecule has 1 aromatic rings. The van der Waals surface area contributed by atoms with Gasteiger partial charge >= 0.3 is 0 Å². The summed E-state index contributed by atoms with van der Waals surface area (Å²) in [5.41, 5.74) is 7.27. The minimum Gasteiger partial charge on any atom is -0.497 e. The maximum atomic E-state index is 6.17. The first kappa shape index (κ1) is 14.2. The Balaban J connectivity index is 1.84. The Bertz CT molecular complexity index is 507. The lowest BCUT2D eigenvalue weighted by Gasteiger charge is -2.32. The lowest BCUT2D eigenvalue weighted by molar-refractivity contribution is 0.388. The fourth-order valence-corrected chi connectivity index (χ4v) is 3.65. The molecule has 1 aliphatic heterocycles. The van der Waals surface area contributed by atoms with Crippen LogP contribution < -0.4 is 15.4 Å². The first-order valence-corrected chi connectivity index (χ1v) is 8.03. The molecule has 1 fully saturated rings. The molecule has 0 amide bonds. The molecule has 1 aliphatic carbocycles. The molecule has 114 valence electrons. The summed E-state index contributed by atoms with van der Waals surface area (Å²) in [4.78, 5) is 6.74. The Morgan fingerprint density at radius 3 is 2.67 bits per heavy atom. The minimum atomic E-state index is 0.412. The summed E-state index contributed by atoms with van der Waals surface area (Å²) < 4.78 is 5.34. The van der Waals surface area contributed by atoms with Crippen LogP contribution in [0, 0.1) is 5.92 Å². The van der Waals surface area contributed by atoms with E-state index in [1.165, 1.54) is 38.5 Å². The van der Waals surface area contributed by atoms with Crippen molar-refractivity contribution in [1.82, 2.24) is 0 Å². The molecule has 4 heteroatoms.